The highest BCUT2D eigenvalue weighted by Crippen LogP contribution is 2.47. The zero-order valence-electron chi connectivity index (χ0n) is 11.3. The number of nitrogens with zero attached hydrogens (tertiary/aromatic N) is 1. The SMILES string of the molecule is NS(O)(O)c1cccc2c1c([N+](=O)[O-])cc1[nH]c(=O)c(=O)[nH]c12. The summed E-state index contributed by atoms with van der Waals surface area (Å²) in [4.78, 5) is 37.9. The second-order valence-corrected chi connectivity index (χ2v) is 6.38. The molecule has 0 saturated carbocycles. The van der Waals surface area contributed by atoms with E-state index in [1.54, 1.807) is 0 Å². The van der Waals surface area contributed by atoms with E-state index in [0.717, 1.165) is 6.07 Å². The van der Waals surface area contributed by atoms with Crippen LogP contribution < -0.4 is 16.3 Å². The third-order valence-electron chi connectivity index (χ3n) is 3.32. The molecule has 0 amide bonds. The number of nitro groups is 1. The lowest BCUT2D eigenvalue weighted by atomic mass is 10.1. The van der Waals surface area contributed by atoms with Crippen LogP contribution in [0.1, 0.15) is 0 Å². The fourth-order valence-corrected chi connectivity index (χ4v) is 3.20. The minimum atomic E-state index is -3.74. The smallest absolute Gasteiger partial charge is 0.314 e. The Kier molecular flexibility index (Phi) is 3.23. The number of hydrogen-bond donors (Lipinski definition) is 5. The zero-order valence-corrected chi connectivity index (χ0v) is 12.1. The van der Waals surface area contributed by atoms with Crippen LogP contribution in [0.5, 0.6) is 0 Å². The number of rotatable bonds is 2. The topological polar surface area (TPSA) is 175 Å². The van der Waals surface area contributed by atoms with Crippen molar-refractivity contribution in [3.63, 3.8) is 0 Å². The van der Waals surface area contributed by atoms with Crippen molar-refractivity contribution in [1.29, 1.82) is 0 Å². The maximum absolute atomic E-state index is 11.5. The van der Waals surface area contributed by atoms with Gasteiger partial charge in [0.05, 0.1) is 26.2 Å². The Balaban J connectivity index is 2.66. The highest BCUT2D eigenvalue weighted by molar-refractivity contribution is 8.22. The number of benzene rings is 2. The Bertz CT molecular complexity index is 1080. The standard InChI is InChI=1S/C12H10N4O6S/c13-23(21,22)8-3-1-2-5-9(8)7(16(19)20)4-6-10(5)15-12(18)11(17)14-6/h1-4,21-22H,13H2,(H,14,17)(H,15,18). The largest absolute Gasteiger partial charge is 0.316 e. The minimum absolute atomic E-state index is 0.0412. The van der Waals surface area contributed by atoms with Gasteiger partial charge < -0.3 is 9.97 Å². The van der Waals surface area contributed by atoms with Gasteiger partial charge in [0.2, 0.25) is 0 Å². The third kappa shape index (κ3) is 2.37. The summed E-state index contributed by atoms with van der Waals surface area (Å²) >= 11 is 0. The van der Waals surface area contributed by atoms with Crippen molar-refractivity contribution in [2.45, 2.75) is 4.90 Å². The summed E-state index contributed by atoms with van der Waals surface area (Å²) in [6.07, 6.45) is 0. The Hall–Kier alpha value is -2.73. The predicted molar refractivity (Wildman–Crippen MR) is 84.7 cm³/mol. The quantitative estimate of drug-likeness (QED) is 0.202. The fourth-order valence-electron chi connectivity index (χ4n) is 2.41. The van der Waals surface area contributed by atoms with Gasteiger partial charge >= 0.3 is 11.1 Å². The van der Waals surface area contributed by atoms with Crippen LogP contribution in [-0.2, 0) is 0 Å². The first-order valence-corrected chi connectivity index (χ1v) is 7.73. The number of nitrogens with one attached hydrogen (secondary N) is 2. The molecular formula is C12H10N4O6S. The maximum Gasteiger partial charge on any atom is 0.314 e. The second-order valence-electron chi connectivity index (χ2n) is 4.76. The van der Waals surface area contributed by atoms with Crippen molar-refractivity contribution in [3.8, 4) is 0 Å². The number of nitrogens with two attached hydrogens (primary N) is 1. The molecule has 0 atom stereocenters. The summed E-state index contributed by atoms with van der Waals surface area (Å²) in [6, 6.07) is 5.13. The number of nitro benzene ring substituents is 1. The molecule has 1 aromatic heterocycles. The molecule has 0 aliphatic rings. The van der Waals surface area contributed by atoms with Crippen molar-refractivity contribution in [1.82, 2.24) is 9.97 Å². The fraction of sp³-hybridized carbons (Fsp3) is 0. The van der Waals surface area contributed by atoms with E-state index >= 15 is 0 Å². The van der Waals surface area contributed by atoms with E-state index in [9.17, 15) is 28.8 Å². The number of aromatic amines is 2. The summed E-state index contributed by atoms with van der Waals surface area (Å²) < 4.78 is 19.5. The van der Waals surface area contributed by atoms with Gasteiger partial charge in [0, 0.05) is 11.5 Å². The normalized spacial score (nSPS) is 12.7. The minimum Gasteiger partial charge on any atom is -0.316 e. The average Bonchev–Trinajstić information content (AvgIpc) is 2.46. The number of aromatic nitrogens is 2. The van der Waals surface area contributed by atoms with Crippen molar-refractivity contribution in [3.05, 3.63) is 55.1 Å². The van der Waals surface area contributed by atoms with Gasteiger partial charge in [0.1, 0.15) is 0 Å². The monoisotopic (exact) mass is 338 g/mol. The highest BCUT2D eigenvalue weighted by Gasteiger charge is 2.24. The molecule has 0 aliphatic heterocycles. The first kappa shape index (κ1) is 15.2. The van der Waals surface area contributed by atoms with E-state index in [0.29, 0.717) is 0 Å². The van der Waals surface area contributed by atoms with E-state index in [1.807, 2.05) is 0 Å². The van der Waals surface area contributed by atoms with Crippen molar-refractivity contribution < 1.29 is 14.0 Å². The van der Waals surface area contributed by atoms with E-state index in [-0.39, 0.29) is 26.7 Å². The number of non-ortho nitro benzene ring substituents is 1. The van der Waals surface area contributed by atoms with Gasteiger partial charge in [-0.1, -0.05) is 12.1 Å². The molecule has 10 nitrogen and oxygen atoms in total. The van der Waals surface area contributed by atoms with Gasteiger partial charge in [0.15, 0.2) is 0 Å². The Morgan fingerprint density at radius 2 is 1.83 bits per heavy atom. The molecule has 0 spiro atoms. The van der Waals surface area contributed by atoms with Gasteiger partial charge in [0.25, 0.3) is 5.69 Å². The Morgan fingerprint density at radius 3 is 2.43 bits per heavy atom. The molecule has 0 fully saturated rings. The lowest BCUT2D eigenvalue weighted by Gasteiger charge is -2.27. The number of H-pyrrole nitrogens is 2. The number of fused-ring (bicyclic) bond motifs is 3. The highest BCUT2D eigenvalue weighted by atomic mass is 32.3. The molecule has 0 aliphatic carbocycles. The van der Waals surface area contributed by atoms with Crippen LogP contribution in [0.25, 0.3) is 21.8 Å². The van der Waals surface area contributed by atoms with Gasteiger partial charge in [-0.2, -0.15) is 0 Å². The summed E-state index contributed by atoms with van der Waals surface area (Å²) in [5.41, 5.74) is -2.20. The summed E-state index contributed by atoms with van der Waals surface area (Å²) in [5.74, 6) is 0. The average molecular weight is 338 g/mol. The predicted octanol–water partition coefficient (Wildman–Crippen LogP) is 1.26. The molecule has 0 radical (unpaired) electrons. The molecule has 0 unspecified atom stereocenters. The van der Waals surface area contributed by atoms with Crippen LogP contribution >= 0.6 is 10.8 Å². The van der Waals surface area contributed by atoms with Gasteiger partial charge in [-0.15, -0.1) is 10.8 Å². The van der Waals surface area contributed by atoms with Crippen molar-refractivity contribution in [2.75, 3.05) is 0 Å². The summed E-state index contributed by atoms with van der Waals surface area (Å²) in [7, 11) is -3.74. The van der Waals surface area contributed by atoms with Crippen molar-refractivity contribution >= 4 is 38.3 Å². The van der Waals surface area contributed by atoms with Gasteiger partial charge in [-0.25, -0.2) is 5.14 Å². The van der Waals surface area contributed by atoms with E-state index in [1.165, 1.54) is 18.2 Å². The first-order valence-electron chi connectivity index (χ1n) is 6.12. The molecule has 3 rings (SSSR count). The molecule has 23 heavy (non-hydrogen) atoms. The van der Waals surface area contributed by atoms with E-state index in [2.05, 4.69) is 9.97 Å². The lowest BCUT2D eigenvalue weighted by molar-refractivity contribution is -0.383. The van der Waals surface area contributed by atoms with Crippen LogP contribution in [0.4, 0.5) is 5.69 Å². The molecule has 0 bridgehead atoms. The number of hydrogen-bond acceptors (Lipinski definition) is 7. The first-order chi connectivity index (χ1) is 10.7. The molecule has 2 aromatic carbocycles. The van der Waals surface area contributed by atoms with E-state index in [4.69, 9.17) is 5.14 Å². The van der Waals surface area contributed by atoms with Gasteiger partial charge in [-0.05, 0) is 6.07 Å². The van der Waals surface area contributed by atoms with E-state index < -0.39 is 32.5 Å². The summed E-state index contributed by atoms with van der Waals surface area (Å²) in [5, 5.41) is 16.7. The van der Waals surface area contributed by atoms with Crippen LogP contribution in [0, 0.1) is 10.1 Å². The molecule has 3 aromatic rings. The lowest BCUT2D eigenvalue weighted by Crippen LogP contribution is -2.29. The van der Waals surface area contributed by atoms with Crippen LogP contribution in [0.3, 0.4) is 0 Å². The van der Waals surface area contributed by atoms with Crippen LogP contribution in [0.2, 0.25) is 0 Å². The van der Waals surface area contributed by atoms with Crippen LogP contribution in [-0.4, -0.2) is 24.0 Å². The third-order valence-corrected chi connectivity index (χ3v) is 4.30. The van der Waals surface area contributed by atoms with Crippen molar-refractivity contribution in [2.24, 2.45) is 5.14 Å². The Labute approximate surface area is 128 Å². The molecule has 1 heterocycles. The molecule has 120 valence electrons. The molecular weight excluding hydrogens is 328 g/mol. The Morgan fingerprint density at radius 1 is 1.17 bits per heavy atom. The molecule has 6 N–H and O–H groups in total. The summed E-state index contributed by atoms with van der Waals surface area (Å²) in [6.45, 7) is 0. The van der Waals surface area contributed by atoms with Gasteiger partial charge in [-0.3, -0.25) is 28.8 Å². The second kappa shape index (κ2) is 4.89. The maximum atomic E-state index is 11.5. The van der Waals surface area contributed by atoms with Crippen LogP contribution in [0.15, 0.2) is 38.8 Å². The zero-order chi connectivity index (χ0) is 16.9. The molecule has 11 heteroatoms. The molecule has 0 saturated heterocycles.